The quantitative estimate of drug-likeness (QED) is 0.776. The van der Waals surface area contributed by atoms with Crippen LogP contribution in [-0.2, 0) is 0 Å². The molecule has 0 spiro atoms. The lowest BCUT2D eigenvalue weighted by Gasteiger charge is -2.40. The van der Waals surface area contributed by atoms with Crippen molar-refractivity contribution in [1.29, 1.82) is 0 Å². The molecule has 1 rings (SSSR count). The number of piperidine rings is 1. The fourth-order valence-corrected chi connectivity index (χ4v) is 2.45. The first-order valence-electron chi connectivity index (χ1n) is 6.42. The van der Waals surface area contributed by atoms with Gasteiger partial charge in [-0.15, -0.1) is 0 Å². The lowest BCUT2D eigenvalue weighted by molar-refractivity contribution is 0.0882. The Kier molecular flexibility index (Phi) is 4.60. The van der Waals surface area contributed by atoms with E-state index in [0.29, 0.717) is 5.41 Å². The Hall–Kier alpha value is -0.0800. The van der Waals surface area contributed by atoms with E-state index in [9.17, 15) is 0 Å². The molecular formula is C13H28N2. The maximum atomic E-state index is 5.77. The molecule has 1 heterocycles. The molecule has 2 heteroatoms. The minimum Gasteiger partial charge on any atom is -0.330 e. The van der Waals surface area contributed by atoms with Crippen LogP contribution < -0.4 is 5.73 Å². The lowest BCUT2D eigenvalue weighted by Crippen LogP contribution is -2.45. The third-order valence-electron chi connectivity index (χ3n) is 3.98. The molecule has 1 aliphatic heterocycles. The predicted molar refractivity (Wildman–Crippen MR) is 66.9 cm³/mol. The van der Waals surface area contributed by atoms with Gasteiger partial charge in [0.25, 0.3) is 0 Å². The summed E-state index contributed by atoms with van der Waals surface area (Å²) in [5, 5.41) is 0. The molecule has 0 aromatic heterocycles. The summed E-state index contributed by atoms with van der Waals surface area (Å²) < 4.78 is 0. The molecule has 0 aromatic carbocycles. The van der Waals surface area contributed by atoms with Crippen molar-refractivity contribution < 1.29 is 0 Å². The molecular weight excluding hydrogens is 184 g/mol. The Morgan fingerprint density at radius 2 is 1.73 bits per heavy atom. The summed E-state index contributed by atoms with van der Waals surface area (Å²) in [4.78, 5) is 2.67. The largest absolute Gasteiger partial charge is 0.330 e. The zero-order valence-corrected chi connectivity index (χ0v) is 10.9. The van der Waals surface area contributed by atoms with E-state index < -0.39 is 0 Å². The molecule has 1 fully saturated rings. The van der Waals surface area contributed by atoms with Crippen molar-refractivity contribution in [2.24, 2.45) is 11.1 Å². The SMILES string of the molecule is CC1CCCC(C)N1CCC(C)(C)CN. The van der Waals surface area contributed by atoms with Gasteiger partial charge in [-0.05, 0) is 51.6 Å². The van der Waals surface area contributed by atoms with E-state index in [1.54, 1.807) is 0 Å². The van der Waals surface area contributed by atoms with Gasteiger partial charge in [0.15, 0.2) is 0 Å². The Morgan fingerprint density at radius 1 is 1.20 bits per heavy atom. The summed E-state index contributed by atoms with van der Waals surface area (Å²) >= 11 is 0. The van der Waals surface area contributed by atoms with Crippen LogP contribution in [0, 0.1) is 5.41 Å². The van der Waals surface area contributed by atoms with E-state index in [4.69, 9.17) is 5.73 Å². The van der Waals surface area contributed by atoms with E-state index in [0.717, 1.165) is 18.6 Å². The lowest BCUT2D eigenvalue weighted by atomic mass is 9.88. The molecule has 0 bridgehead atoms. The smallest absolute Gasteiger partial charge is 0.00697 e. The summed E-state index contributed by atoms with van der Waals surface area (Å²) in [5.41, 5.74) is 6.08. The third-order valence-corrected chi connectivity index (χ3v) is 3.98. The molecule has 15 heavy (non-hydrogen) atoms. The van der Waals surface area contributed by atoms with Gasteiger partial charge >= 0.3 is 0 Å². The van der Waals surface area contributed by atoms with Crippen molar-refractivity contribution in [3.63, 3.8) is 0 Å². The van der Waals surface area contributed by atoms with Crippen LogP contribution in [0.25, 0.3) is 0 Å². The minimum absolute atomic E-state index is 0.302. The van der Waals surface area contributed by atoms with Crippen molar-refractivity contribution >= 4 is 0 Å². The standard InChI is InChI=1S/C13H28N2/c1-11-6-5-7-12(2)15(11)9-8-13(3,4)10-14/h11-12H,5-10,14H2,1-4H3. The number of nitrogens with zero attached hydrogens (tertiary/aromatic N) is 1. The molecule has 1 aliphatic rings. The molecule has 0 aliphatic carbocycles. The molecule has 0 amide bonds. The van der Waals surface area contributed by atoms with E-state index in [2.05, 4.69) is 32.6 Å². The van der Waals surface area contributed by atoms with Crippen LogP contribution in [0.1, 0.15) is 53.4 Å². The normalized spacial score (nSPS) is 29.4. The van der Waals surface area contributed by atoms with Crippen molar-refractivity contribution in [3.05, 3.63) is 0 Å². The highest BCUT2D eigenvalue weighted by atomic mass is 15.2. The van der Waals surface area contributed by atoms with Crippen LogP contribution in [0.5, 0.6) is 0 Å². The average molecular weight is 212 g/mol. The van der Waals surface area contributed by atoms with Crippen LogP contribution in [-0.4, -0.2) is 30.1 Å². The Bertz CT molecular complexity index is 179. The molecule has 0 radical (unpaired) electrons. The van der Waals surface area contributed by atoms with Crippen LogP contribution in [0.15, 0.2) is 0 Å². The van der Waals surface area contributed by atoms with E-state index in [1.807, 2.05) is 0 Å². The first kappa shape index (κ1) is 13.0. The average Bonchev–Trinajstić information content (AvgIpc) is 2.17. The summed E-state index contributed by atoms with van der Waals surface area (Å²) in [6.07, 6.45) is 5.36. The molecule has 0 saturated carbocycles. The van der Waals surface area contributed by atoms with Crippen molar-refractivity contribution in [2.75, 3.05) is 13.1 Å². The van der Waals surface area contributed by atoms with Crippen molar-refractivity contribution in [3.8, 4) is 0 Å². The predicted octanol–water partition coefficient (Wildman–Crippen LogP) is 2.62. The molecule has 2 unspecified atom stereocenters. The zero-order valence-electron chi connectivity index (χ0n) is 10.9. The maximum absolute atomic E-state index is 5.77. The van der Waals surface area contributed by atoms with E-state index >= 15 is 0 Å². The number of likely N-dealkylation sites (tertiary alicyclic amines) is 1. The van der Waals surface area contributed by atoms with Gasteiger partial charge in [-0.3, -0.25) is 4.90 Å². The van der Waals surface area contributed by atoms with E-state index in [-0.39, 0.29) is 0 Å². The summed E-state index contributed by atoms with van der Waals surface area (Å²) in [7, 11) is 0. The number of rotatable bonds is 4. The fraction of sp³-hybridized carbons (Fsp3) is 1.00. The van der Waals surface area contributed by atoms with Gasteiger partial charge in [-0.1, -0.05) is 20.3 Å². The minimum atomic E-state index is 0.302. The Balaban J connectivity index is 2.42. The van der Waals surface area contributed by atoms with Gasteiger partial charge in [-0.2, -0.15) is 0 Å². The first-order chi connectivity index (χ1) is 6.96. The van der Waals surface area contributed by atoms with Crippen LogP contribution >= 0.6 is 0 Å². The maximum Gasteiger partial charge on any atom is 0.00697 e. The monoisotopic (exact) mass is 212 g/mol. The third kappa shape index (κ3) is 3.76. The molecule has 2 N–H and O–H groups in total. The Labute approximate surface area is 95.2 Å². The number of hydrogen-bond donors (Lipinski definition) is 1. The molecule has 2 nitrogen and oxygen atoms in total. The van der Waals surface area contributed by atoms with Gasteiger partial charge in [0.1, 0.15) is 0 Å². The summed E-state index contributed by atoms with van der Waals surface area (Å²) in [6.45, 7) is 11.3. The highest BCUT2D eigenvalue weighted by Crippen LogP contribution is 2.26. The molecule has 0 aromatic rings. The van der Waals surface area contributed by atoms with Crippen LogP contribution in [0.4, 0.5) is 0 Å². The fourth-order valence-electron chi connectivity index (χ4n) is 2.45. The van der Waals surface area contributed by atoms with Gasteiger partial charge in [0.05, 0.1) is 0 Å². The van der Waals surface area contributed by atoms with E-state index in [1.165, 1.54) is 32.2 Å². The second kappa shape index (κ2) is 5.31. The van der Waals surface area contributed by atoms with Gasteiger partial charge < -0.3 is 5.73 Å². The van der Waals surface area contributed by atoms with Crippen LogP contribution in [0.3, 0.4) is 0 Å². The highest BCUT2D eigenvalue weighted by Gasteiger charge is 2.26. The second-order valence-corrected chi connectivity index (χ2v) is 5.99. The van der Waals surface area contributed by atoms with Crippen molar-refractivity contribution in [2.45, 2.75) is 65.5 Å². The first-order valence-corrected chi connectivity index (χ1v) is 6.42. The topological polar surface area (TPSA) is 29.3 Å². The van der Waals surface area contributed by atoms with Gasteiger partial charge in [-0.25, -0.2) is 0 Å². The molecule has 1 saturated heterocycles. The molecule has 90 valence electrons. The highest BCUT2D eigenvalue weighted by molar-refractivity contribution is 4.81. The second-order valence-electron chi connectivity index (χ2n) is 5.99. The zero-order chi connectivity index (χ0) is 11.5. The Morgan fingerprint density at radius 3 is 2.20 bits per heavy atom. The van der Waals surface area contributed by atoms with Crippen LogP contribution in [0.2, 0.25) is 0 Å². The summed E-state index contributed by atoms with van der Waals surface area (Å²) in [6, 6.07) is 1.53. The van der Waals surface area contributed by atoms with Crippen molar-refractivity contribution in [1.82, 2.24) is 4.90 Å². The van der Waals surface area contributed by atoms with Gasteiger partial charge in [0.2, 0.25) is 0 Å². The van der Waals surface area contributed by atoms with Gasteiger partial charge in [0, 0.05) is 12.1 Å². The molecule has 2 atom stereocenters. The number of hydrogen-bond acceptors (Lipinski definition) is 2. The summed E-state index contributed by atoms with van der Waals surface area (Å²) in [5.74, 6) is 0. The number of nitrogens with two attached hydrogens (primary N) is 1.